The number of aryl methyl sites for hydroxylation is 1. The van der Waals surface area contributed by atoms with Gasteiger partial charge in [0.05, 0.1) is 10.9 Å². The number of nitrogens with one attached hydrogen (secondary N) is 3. The molecule has 2 amide bonds. The average molecular weight is 339 g/mol. The van der Waals surface area contributed by atoms with Crippen molar-refractivity contribution < 1.29 is 18.0 Å². The van der Waals surface area contributed by atoms with Crippen LogP contribution in [0.15, 0.2) is 29.2 Å². The minimum Gasteiger partial charge on any atom is -0.354 e. The maximum absolute atomic E-state index is 12.2. The van der Waals surface area contributed by atoms with Gasteiger partial charge in [-0.1, -0.05) is 17.7 Å². The zero-order valence-corrected chi connectivity index (χ0v) is 13.9. The number of piperidine rings is 1. The van der Waals surface area contributed by atoms with Gasteiger partial charge in [-0.2, -0.15) is 4.72 Å². The number of hydrogen-bond acceptors (Lipinski definition) is 4. The van der Waals surface area contributed by atoms with Gasteiger partial charge < -0.3 is 10.6 Å². The number of carbonyl (C=O) groups is 2. The van der Waals surface area contributed by atoms with E-state index in [0.29, 0.717) is 13.0 Å². The smallest absolute Gasteiger partial charge is 0.242 e. The largest absolute Gasteiger partial charge is 0.354 e. The van der Waals surface area contributed by atoms with Crippen LogP contribution in [0, 0.1) is 6.92 Å². The van der Waals surface area contributed by atoms with Crippen LogP contribution in [0.3, 0.4) is 0 Å². The Morgan fingerprint density at radius 3 is 2.57 bits per heavy atom. The molecular weight excluding hydrogens is 318 g/mol. The molecule has 126 valence electrons. The van der Waals surface area contributed by atoms with Gasteiger partial charge in [-0.05, 0) is 38.8 Å². The van der Waals surface area contributed by atoms with E-state index in [2.05, 4.69) is 15.4 Å². The van der Waals surface area contributed by atoms with Crippen molar-refractivity contribution in [1.29, 1.82) is 0 Å². The molecule has 7 nitrogen and oxygen atoms in total. The maximum atomic E-state index is 12.2. The molecule has 23 heavy (non-hydrogen) atoms. The van der Waals surface area contributed by atoms with E-state index in [1.54, 1.807) is 12.1 Å². The number of rotatable bonds is 5. The summed E-state index contributed by atoms with van der Waals surface area (Å²) in [5.41, 5.74) is 0.943. The normalized spacial score (nSPS) is 19.7. The van der Waals surface area contributed by atoms with Crippen molar-refractivity contribution in [3.8, 4) is 0 Å². The number of sulfonamides is 1. The number of benzene rings is 1. The third kappa shape index (κ3) is 4.52. The first-order valence-corrected chi connectivity index (χ1v) is 8.95. The molecule has 3 N–H and O–H groups in total. The average Bonchev–Trinajstić information content (AvgIpc) is 2.49. The predicted octanol–water partition coefficient (Wildman–Crippen LogP) is 0.0566. The molecule has 2 rings (SSSR count). The first-order chi connectivity index (χ1) is 10.8. The lowest BCUT2D eigenvalue weighted by Crippen LogP contribution is -2.54. The van der Waals surface area contributed by atoms with Crippen LogP contribution in [0.1, 0.15) is 25.3 Å². The summed E-state index contributed by atoms with van der Waals surface area (Å²) in [5.74, 6) is -0.763. The molecule has 0 unspecified atom stereocenters. The zero-order chi connectivity index (χ0) is 17.0. The summed E-state index contributed by atoms with van der Waals surface area (Å²) in [6.45, 7) is 3.90. The first-order valence-electron chi connectivity index (χ1n) is 7.47. The van der Waals surface area contributed by atoms with Crippen molar-refractivity contribution in [3.05, 3.63) is 29.8 Å². The summed E-state index contributed by atoms with van der Waals surface area (Å²) in [6, 6.07) is 4.75. The summed E-state index contributed by atoms with van der Waals surface area (Å²) in [7, 11) is -3.79. The number of hydrogen-bond donors (Lipinski definition) is 3. The van der Waals surface area contributed by atoms with Gasteiger partial charge in [0.2, 0.25) is 21.8 Å². The fourth-order valence-corrected chi connectivity index (χ4v) is 3.48. The first kappa shape index (κ1) is 17.4. The second-order valence-corrected chi connectivity index (χ2v) is 7.36. The van der Waals surface area contributed by atoms with Crippen LogP contribution in [0.25, 0.3) is 0 Å². The summed E-state index contributed by atoms with van der Waals surface area (Å²) >= 11 is 0. The molecule has 1 aliphatic heterocycles. The molecule has 1 aromatic carbocycles. The van der Waals surface area contributed by atoms with Gasteiger partial charge in [0.1, 0.15) is 6.04 Å². The van der Waals surface area contributed by atoms with E-state index in [1.807, 2.05) is 6.92 Å². The predicted molar refractivity (Wildman–Crippen MR) is 85.1 cm³/mol. The highest BCUT2D eigenvalue weighted by molar-refractivity contribution is 7.89. The molecule has 8 heteroatoms. The molecule has 2 atom stereocenters. The Kier molecular flexibility index (Phi) is 5.38. The SMILES string of the molecule is Cc1ccc(S(=O)(=O)N[C@@H](C)C(=O)N[C@@H]2CCCNC2=O)cc1. The molecule has 0 spiro atoms. The van der Waals surface area contributed by atoms with Crippen LogP contribution in [0.2, 0.25) is 0 Å². The quantitative estimate of drug-likeness (QED) is 0.705. The monoisotopic (exact) mass is 339 g/mol. The Balaban J connectivity index is 1.99. The van der Waals surface area contributed by atoms with Crippen LogP contribution >= 0.6 is 0 Å². The Morgan fingerprint density at radius 1 is 1.30 bits per heavy atom. The van der Waals surface area contributed by atoms with Gasteiger partial charge in [-0.15, -0.1) is 0 Å². The van der Waals surface area contributed by atoms with Crippen LogP contribution in [-0.2, 0) is 19.6 Å². The van der Waals surface area contributed by atoms with Crippen molar-refractivity contribution in [3.63, 3.8) is 0 Å². The lowest BCUT2D eigenvalue weighted by Gasteiger charge is -2.24. The van der Waals surface area contributed by atoms with E-state index in [9.17, 15) is 18.0 Å². The second-order valence-electron chi connectivity index (χ2n) is 5.65. The minimum atomic E-state index is -3.79. The Bertz CT molecular complexity index is 685. The Labute approximate surface area is 135 Å². The van der Waals surface area contributed by atoms with Gasteiger partial charge in [0, 0.05) is 6.54 Å². The molecule has 1 heterocycles. The topological polar surface area (TPSA) is 104 Å². The maximum Gasteiger partial charge on any atom is 0.242 e. The van der Waals surface area contributed by atoms with E-state index >= 15 is 0 Å². The summed E-state index contributed by atoms with van der Waals surface area (Å²) in [4.78, 5) is 23.8. The van der Waals surface area contributed by atoms with Crippen molar-refractivity contribution in [1.82, 2.24) is 15.4 Å². The van der Waals surface area contributed by atoms with E-state index in [0.717, 1.165) is 12.0 Å². The summed E-state index contributed by atoms with van der Waals surface area (Å²) in [6.07, 6.45) is 1.33. The van der Waals surface area contributed by atoms with Crippen LogP contribution in [0.5, 0.6) is 0 Å². The third-order valence-electron chi connectivity index (χ3n) is 3.66. The van der Waals surface area contributed by atoms with E-state index in [-0.39, 0.29) is 10.8 Å². The Morgan fingerprint density at radius 2 is 1.96 bits per heavy atom. The van der Waals surface area contributed by atoms with Crippen molar-refractivity contribution in [2.75, 3.05) is 6.54 Å². The van der Waals surface area contributed by atoms with E-state index in [4.69, 9.17) is 0 Å². The lowest BCUT2D eigenvalue weighted by atomic mass is 10.1. The molecule has 0 aromatic heterocycles. The molecule has 1 fully saturated rings. The fourth-order valence-electron chi connectivity index (χ4n) is 2.28. The standard InChI is InChI=1S/C15H21N3O4S/c1-10-5-7-12(8-6-10)23(21,22)18-11(2)14(19)17-13-4-3-9-16-15(13)20/h5-8,11,13,18H,3-4,9H2,1-2H3,(H,16,20)(H,17,19)/t11-,13+/m0/s1. The van der Waals surface area contributed by atoms with Crippen molar-refractivity contribution in [2.45, 2.75) is 43.7 Å². The molecule has 1 aliphatic rings. The molecule has 1 aromatic rings. The van der Waals surface area contributed by atoms with Crippen molar-refractivity contribution in [2.24, 2.45) is 0 Å². The molecule has 0 bridgehead atoms. The Hall–Kier alpha value is -1.93. The van der Waals surface area contributed by atoms with Gasteiger partial charge >= 0.3 is 0 Å². The molecular formula is C15H21N3O4S. The lowest BCUT2D eigenvalue weighted by molar-refractivity contribution is -0.130. The summed E-state index contributed by atoms with van der Waals surface area (Å²) < 4.78 is 26.8. The highest BCUT2D eigenvalue weighted by Crippen LogP contribution is 2.11. The molecule has 1 saturated heterocycles. The highest BCUT2D eigenvalue weighted by Gasteiger charge is 2.27. The van der Waals surface area contributed by atoms with Gasteiger partial charge in [0.15, 0.2) is 0 Å². The highest BCUT2D eigenvalue weighted by atomic mass is 32.2. The van der Waals surface area contributed by atoms with Crippen LogP contribution < -0.4 is 15.4 Å². The molecule has 0 radical (unpaired) electrons. The van der Waals surface area contributed by atoms with Crippen molar-refractivity contribution >= 4 is 21.8 Å². The minimum absolute atomic E-state index is 0.0955. The number of carbonyl (C=O) groups excluding carboxylic acids is 2. The van der Waals surface area contributed by atoms with Gasteiger partial charge in [-0.3, -0.25) is 9.59 Å². The third-order valence-corrected chi connectivity index (χ3v) is 5.21. The van der Waals surface area contributed by atoms with E-state index in [1.165, 1.54) is 19.1 Å². The van der Waals surface area contributed by atoms with Crippen LogP contribution in [-0.4, -0.2) is 38.9 Å². The zero-order valence-electron chi connectivity index (χ0n) is 13.1. The fraction of sp³-hybridized carbons (Fsp3) is 0.467. The second kappa shape index (κ2) is 7.10. The van der Waals surface area contributed by atoms with E-state index < -0.39 is 28.0 Å². The number of amides is 2. The molecule has 0 saturated carbocycles. The van der Waals surface area contributed by atoms with Gasteiger partial charge in [0.25, 0.3) is 0 Å². The van der Waals surface area contributed by atoms with Crippen LogP contribution in [0.4, 0.5) is 0 Å². The van der Waals surface area contributed by atoms with Gasteiger partial charge in [-0.25, -0.2) is 8.42 Å². The summed E-state index contributed by atoms with van der Waals surface area (Å²) in [5, 5.41) is 5.24. The molecule has 0 aliphatic carbocycles.